The van der Waals surface area contributed by atoms with Gasteiger partial charge in [-0.25, -0.2) is 8.78 Å². The standard InChI is InChI=1S/C23H24F2N4O4/c1-14-10-19-17(12-18(14)28-7-9-33-13-20(28)31)26-23(29(19)6-3-8-30)27-22(32)16-5-2-4-15(11-16)21(24)25/h2,4-5,10-12,21,30H,3,6-9,13H2,1H3,(H,26,27,32). The van der Waals surface area contributed by atoms with Gasteiger partial charge in [-0.15, -0.1) is 0 Å². The molecule has 33 heavy (non-hydrogen) atoms. The van der Waals surface area contributed by atoms with Gasteiger partial charge in [0.25, 0.3) is 18.2 Å². The van der Waals surface area contributed by atoms with Crippen LogP contribution in [-0.4, -0.2) is 52.8 Å². The van der Waals surface area contributed by atoms with E-state index in [1.807, 2.05) is 19.1 Å². The molecule has 2 N–H and O–H groups in total. The molecule has 0 aliphatic carbocycles. The van der Waals surface area contributed by atoms with E-state index in [0.717, 1.165) is 22.8 Å². The van der Waals surface area contributed by atoms with Crippen molar-refractivity contribution in [3.8, 4) is 0 Å². The molecule has 0 saturated carbocycles. The maximum atomic E-state index is 13.0. The third-order valence-corrected chi connectivity index (χ3v) is 5.52. The molecule has 1 aliphatic heterocycles. The van der Waals surface area contributed by atoms with E-state index in [9.17, 15) is 23.5 Å². The van der Waals surface area contributed by atoms with Gasteiger partial charge in [0.1, 0.15) is 6.61 Å². The minimum absolute atomic E-state index is 0.0193. The minimum atomic E-state index is -2.69. The van der Waals surface area contributed by atoms with Crippen LogP contribution in [0.1, 0.15) is 34.3 Å². The number of imidazole rings is 1. The van der Waals surface area contributed by atoms with Crippen molar-refractivity contribution in [1.82, 2.24) is 9.55 Å². The summed E-state index contributed by atoms with van der Waals surface area (Å²) in [6, 6.07) is 8.92. The lowest BCUT2D eigenvalue weighted by atomic mass is 10.1. The normalized spacial score (nSPS) is 15.1. The number of halogens is 2. The van der Waals surface area contributed by atoms with Crippen LogP contribution in [0.4, 0.5) is 14.5 Å². The molecule has 1 fully saturated rings. The molecule has 1 aromatic heterocycles. The van der Waals surface area contributed by atoms with Crippen LogP contribution in [0.3, 0.4) is 0 Å². The molecule has 2 aromatic carbocycles. The number of morpholine rings is 1. The number of ether oxygens (including phenoxy) is 1. The van der Waals surface area contributed by atoms with E-state index in [2.05, 4.69) is 9.98 Å². The summed E-state index contributed by atoms with van der Waals surface area (Å²) in [5.41, 5.74) is 3.02. The highest BCUT2D eigenvalue weighted by Gasteiger charge is 2.23. The number of aliphatic hydroxyl groups excluding tert-OH is 1. The van der Waals surface area contributed by atoms with E-state index in [-0.39, 0.29) is 35.9 Å². The number of aromatic amines is 1. The van der Waals surface area contributed by atoms with Crippen molar-refractivity contribution in [2.75, 3.05) is 31.3 Å². The highest BCUT2D eigenvalue weighted by atomic mass is 19.3. The number of amides is 2. The Morgan fingerprint density at radius 2 is 2.12 bits per heavy atom. The molecule has 4 rings (SSSR count). The van der Waals surface area contributed by atoms with Crippen molar-refractivity contribution >= 4 is 28.5 Å². The molecule has 1 saturated heterocycles. The monoisotopic (exact) mass is 458 g/mol. The number of benzene rings is 2. The summed E-state index contributed by atoms with van der Waals surface area (Å²) in [6.07, 6.45) is -2.26. The quantitative estimate of drug-likeness (QED) is 0.593. The van der Waals surface area contributed by atoms with Crippen molar-refractivity contribution < 1.29 is 28.2 Å². The van der Waals surface area contributed by atoms with E-state index in [1.54, 1.807) is 9.47 Å². The number of rotatable bonds is 6. The average Bonchev–Trinajstić information content (AvgIpc) is 3.13. The van der Waals surface area contributed by atoms with Crippen molar-refractivity contribution in [3.05, 3.63) is 58.7 Å². The van der Waals surface area contributed by atoms with E-state index in [1.165, 1.54) is 18.2 Å². The second kappa shape index (κ2) is 9.63. The van der Waals surface area contributed by atoms with Crippen LogP contribution in [0.25, 0.3) is 11.0 Å². The highest BCUT2D eigenvalue weighted by molar-refractivity contribution is 5.98. The third kappa shape index (κ3) is 4.71. The number of nitrogens with one attached hydrogen (secondary N) is 1. The van der Waals surface area contributed by atoms with E-state index in [0.29, 0.717) is 31.6 Å². The molecule has 0 atom stereocenters. The summed E-state index contributed by atoms with van der Waals surface area (Å²) in [6.45, 7) is 3.12. The molecule has 0 radical (unpaired) electrons. The van der Waals surface area contributed by atoms with Gasteiger partial charge in [-0.2, -0.15) is 4.99 Å². The summed E-state index contributed by atoms with van der Waals surface area (Å²) in [4.78, 5) is 34.0. The van der Waals surface area contributed by atoms with Gasteiger partial charge in [-0.3, -0.25) is 9.59 Å². The molecule has 0 bridgehead atoms. The second-order valence-corrected chi connectivity index (χ2v) is 7.77. The van der Waals surface area contributed by atoms with E-state index in [4.69, 9.17) is 4.74 Å². The van der Waals surface area contributed by atoms with Crippen molar-refractivity contribution in [2.24, 2.45) is 4.99 Å². The number of carbonyl (C=O) groups excluding carboxylic acids is 2. The van der Waals surface area contributed by atoms with Gasteiger partial charge in [0.15, 0.2) is 0 Å². The number of nitrogens with zero attached hydrogens (tertiary/aromatic N) is 3. The van der Waals surface area contributed by atoms with E-state index >= 15 is 0 Å². The predicted octanol–water partition coefficient (Wildman–Crippen LogP) is 2.70. The first-order valence-corrected chi connectivity index (χ1v) is 10.6. The number of carbonyl (C=O) groups is 2. The highest BCUT2D eigenvalue weighted by Crippen LogP contribution is 2.27. The lowest BCUT2D eigenvalue weighted by molar-refractivity contribution is -0.125. The number of fused-ring (bicyclic) bond motifs is 1. The van der Waals surface area contributed by atoms with Crippen LogP contribution in [0.2, 0.25) is 0 Å². The van der Waals surface area contributed by atoms with Crippen LogP contribution < -0.4 is 10.5 Å². The van der Waals surface area contributed by atoms with Crippen LogP contribution in [0.5, 0.6) is 0 Å². The zero-order valence-electron chi connectivity index (χ0n) is 18.1. The molecule has 1 aliphatic rings. The predicted molar refractivity (Wildman–Crippen MR) is 117 cm³/mol. The number of hydrogen-bond acceptors (Lipinski definition) is 4. The third-order valence-electron chi connectivity index (χ3n) is 5.52. The van der Waals surface area contributed by atoms with Crippen LogP contribution in [-0.2, 0) is 16.1 Å². The van der Waals surface area contributed by atoms with Gasteiger partial charge in [0, 0.05) is 36.5 Å². The van der Waals surface area contributed by atoms with Gasteiger partial charge < -0.3 is 24.3 Å². The maximum Gasteiger partial charge on any atom is 0.280 e. The molecule has 10 heteroatoms. The number of hydrogen-bond donors (Lipinski definition) is 2. The first kappa shape index (κ1) is 22.8. The van der Waals surface area contributed by atoms with Crippen molar-refractivity contribution in [1.29, 1.82) is 0 Å². The fraction of sp³-hybridized carbons (Fsp3) is 0.348. The smallest absolute Gasteiger partial charge is 0.280 e. The molecule has 0 unspecified atom stereocenters. The first-order chi connectivity index (χ1) is 15.9. The Bertz CT molecular complexity index is 1270. The Hall–Kier alpha value is -3.37. The number of aliphatic hydroxyl groups is 1. The fourth-order valence-corrected chi connectivity index (χ4v) is 3.88. The largest absolute Gasteiger partial charge is 0.396 e. The Morgan fingerprint density at radius 3 is 2.85 bits per heavy atom. The first-order valence-electron chi connectivity index (χ1n) is 10.6. The molecule has 8 nitrogen and oxygen atoms in total. The molecule has 3 aromatic rings. The topological polar surface area (TPSA) is 99.9 Å². The summed E-state index contributed by atoms with van der Waals surface area (Å²) < 4.78 is 33.0. The Kier molecular flexibility index (Phi) is 6.66. The molecular weight excluding hydrogens is 434 g/mol. The van der Waals surface area contributed by atoms with Gasteiger partial charge >= 0.3 is 0 Å². The molecule has 174 valence electrons. The molecule has 2 amide bonds. The number of anilines is 1. The van der Waals surface area contributed by atoms with Gasteiger partial charge in [-0.1, -0.05) is 12.1 Å². The van der Waals surface area contributed by atoms with Gasteiger partial charge in [0.2, 0.25) is 5.62 Å². The van der Waals surface area contributed by atoms with Gasteiger partial charge in [-0.05, 0) is 43.2 Å². The van der Waals surface area contributed by atoms with Crippen LogP contribution >= 0.6 is 0 Å². The number of alkyl halides is 2. The lowest BCUT2D eigenvalue weighted by Crippen LogP contribution is -2.42. The summed E-state index contributed by atoms with van der Waals surface area (Å²) in [5.74, 6) is -0.801. The Labute approximate surface area is 188 Å². The Balaban J connectivity index is 1.80. The van der Waals surface area contributed by atoms with Crippen molar-refractivity contribution in [2.45, 2.75) is 26.3 Å². The number of aromatic nitrogens is 2. The minimum Gasteiger partial charge on any atom is -0.396 e. The number of H-pyrrole nitrogens is 1. The van der Waals surface area contributed by atoms with Crippen LogP contribution in [0, 0.1) is 6.92 Å². The summed E-state index contributed by atoms with van der Waals surface area (Å²) in [5, 5.41) is 9.32. The maximum absolute atomic E-state index is 13.0. The summed E-state index contributed by atoms with van der Waals surface area (Å²) in [7, 11) is 0. The van der Waals surface area contributed by atoms with Crippen molar-refractivity contribution in [3.63, 3.8) is 0 Å². The van der Waals surface area contributed by atoms with Gasteiger partial charge in [0.05, 0.1) is 17.6 Å². The molecular formula is C23H24F2N4O4. The Morgan fingerprint density at radius 1 is 1.30 bits per heavy atom. The summed E-state index contributed by atoms with van der Waals surface area (Å²) >= 11 is 0. The SMILES string of the molecule is Cc1cc2c(cc1N1CCOCC1=O)[nH]/c(=N\C(=O)c1cccc(C(F)F)c1)n2CCCO. The number of aryl methyl sites for hydroxylation is 2. The fourth-order valence-electron chi connectivity index (χ4n) is 3.88. The zero-order chi connectivity index (χ0) is 23.5. The second-order valence-electron chi connectivity index (χ2n) is 7.77. The molecule has 0 spiro atoms. The average molecular weight is 458 g/mol. The van der Waals surface area contributed by atoms with Crippen LogP contribution in [0.15, 0.2) is 41.4 Å². The van der Waals surface area contributed by atoms with E-state index < -0.39 is 12.3 Å². The lowest BCUT2D eigenvalue weighted by Gasteiger charge is -2.28. The zero-order valence-corrected chi connectivity index (χ0v) is 18.1. The molecule has 2 heterocycles.